The Kier molecular flexibility index (Phi) is 6.17. The van der Waals surface area contributed by atoms with E-state index >= 15 is 0 Å². The summed E-state index contributed by atoms with van der Waals surface area (Å²) >= 11 is 6.16. The molecule has 0 radical (unpaired) electrons. The van der Waals surface area contributed by atoms with Gasteiger partial charge in [-0.15, -0.1) is 0 Å². The molecule has 0 aromatic heterocycles. The quantitative estimate of drug-likeness (QED) is 0.550. The lowest BCUT2D eigenvalue weighted by molar-refractivity contribution is -0.384. The molecule has 2 aromatic carbocycles. The number of rotatable bonds is 5. The Morgan fingerprint density at radius 3 is 2.69 bits per heavy atom. The van der Waals surface area contributed by atoms with Crippen LogP contribution in [-0.2, 0) is 22.6 Å². The van der Waals surface area contributed by atoms with Crippen molar-refractivity contribution in [1.82, 2.24) is 9.80 Å². The summed E-state index contributed by atoms with van der Waals surface area (Å²) in [6.07, 6.45) is 0.902. The van der Waals surface area contributed by atoms with E-state index in [-0.39, 0.29) is 36.5 Å². The summed E-state index contributed by atoms with van der Waals surface area (Å²) in [7, 11) is 1.63. The first-order valence-electron chi connectivity index (χ1n) is 9.29. The summed E-state index contributed by atoms with van der Waals surface area (Å²) in [5.41, 5.74) is 2.56. The predicted molar refractivity (Wildman–Crippen MR) is 109 cm³/mol. The summed E-state index contributed by atoms with van der Waals surface area (Å²) in [6.45, 7) is 2.23. The lowest BCUT2D eigenvalue weighted by Crippen LogP contribution is -2.41. The first kappa shape index (κ1) is 20.8. The number of nitrogens with zero attached hydrogens (tertiary/aromatic N) is 3. The molecule has 0 saturated heterocycles. The summed E-state index contributed by atoms with van der Waals surface area (Å²) in [6, 6.07) is 11.7. The Hall–Kier alpha value is -2.93. The van der Waals surface area contributed by atoms with Crippen molar-refractivity contribution in [3.05, 3.63) is 74.3 Å². The molecule has 1 atom stereocenters. The van der Waals surface area contributed by atoms with Crippen molar-refractivity contribution in [3.8, 4) is 0 Å². The molecular formula is C21H22ClN3O4. The van der Waals surface area contributed by atoms with Gasteiger partial charge >= 0.3 is 0 Å². The molecule has 1 heterocycles. The van der Waals surface area contributed by atoms with Gasteiger partial charge in [0.25, 0.3) is 5.69 Å². The molecule has 7 nitrogen and oxygen atoms in total. The van der Waals surface area contributed by atoms with Gasteiger partial charge in [-0.05, 0) is 29.2 Å². The number of amides is 2. The third-order valence-electron chi connectivity index (χ3n) is 5.26. The molecule has 2 amide bonds. The van der Waals surface area contributed by atoms with E-state index < -0.39 is 4.92 Å². The maximum absolute atomic E-state index is 12.9. The topological polar surface area (TPSA) is 83.8 Å². The Morgan fingerprint density at radius 1 is 1.28 bits per heavy atom. The lowest BCUT2D eigenvalue weighted by Gasteiger charge is -2.37. The Bertz CT molecular complexity index is 963. The number of nitro groups is 1. The van der Waals surface area contributed by atoms with Crippen LogP contribution in [0.2, 0.25) is 5.02 Å². The van der Waals surface area contributed by atoms with Gasteiger partial charge in [-0.25, -0.2) is 0 Å². The van der Waals surface area contributed by atoms with Crippen LogP contribution in [0.4, 0.5) is 5.69 Å². The van der Waals surface area contributed by atoms with Crippen molar-refractivity contribution < 1.29 is 14.5 Å². The third kappa shape index (κ3) is 4.56. The second-order valence-corrected chi connectivity index (χ2v) is 7.57. The molecule has 1 aliphatic heterocycles. The molecule has 0 N–H and O–H groups in total. The van der Waals surface area contributed by atoms with Crippen LogP contribution in [0.25, 0.3) is 0 Å². The molecule has 3 rings (SSSR count). The van der Waals surface area contributed by atoms with Gasteiger partial charge in [0.2, 0.25) is 11.8 Å². The minimum Gasteiger partial charge on any atom is -0.341 e. The van der Waals surface area contributed by atoms with E-state index in [1.54, 1.807) is 11.9 Å². The van der Waals surface area contributed by atoms with Crippen molar-refractivity contribution in [2.75, 3.05) is 13.6 Å². The third-order valence-corrected chi connectivity index (χ3v) is 5.63. The average Bonchev–Trinajstić information content (AvgIpc) is 2.69. The molecule has 0 fully saturated rings. The van der Waals surface area contributed by atoms with Gasteiger partial charge < -0.3 is 9.80 Å². The molecule has 29 heavy (non-hydrogen) atoms. The predicted octanol–water partition coefficient (Wildman–Crippen LogP) is 3.74. The molecule has 0 aliphatic carbocycles. The number of fused-ring (bicyclic) bond motifs is 1. The molecule has 0 saturated carbocycles. The Balaban J connectivity index is 1.79. The highest BCUT2D eigenvalue weighted by molar-refractivity contribution is 6.31. The second kappa shape index (κ2) is 8.61. The fourth-order valence-electron chi connectivity index (χ4n) is 3.71. The van der Waals surface area contributed by atoms with E-state index in [0.29, 0.717) is 17.1 Å². The highest BCUT2D eigenvalue weighted by Gasteiger charge is 2.31. The van der Waals surface area contributed by atoms with Crippen molar-refractivity contribution in [3.63, 3.8) is 0 Å². The van der Waals surface area contributed by atoms with Crippen LogP contribution in [0.15, 0.2) is 42.5 Å². The fraction of sp³-hybridized carbons (Fsp3) is 0.333. The van der Waals surface area contributed by atoms with Crippen LogP contribution in [-0.4, -0.2) is 40.1 Å². The molecule has 1 unspecified atom stereocenters. The molecule has 1 aliphatic rings. The first-order chi connectivity index (χ1) is 13.8. The summed E-state index contributed by atoms with van der Waals surface area (Å²) in [5, 5.41) is 11.4. The van der Waals surface area contributed by atoms with Crippen LogP contribution in [0.5, 0.6) is 0 Å². The summed E-state index contributed by atoms with van der Waals surface area (Å²) in [4.78, 5) is 38.8. The number of hydrogen-bond donors (Lipinski definition) is 0. The maximum atomic E-state index is 12.9. The number of carbonyl (C=O) groups is 2. The standard InChI is InChI=1S/C21H22ClN3O4/c1-14(26)24-10-9-15-5-3-4-6-18(15)20(24)12-21(27)23(2)13-16-11-17(25(28)29)7-8-19(16)22/h3-8,11,20H,9-10,12-13H2,1-2H3. The number of benzene rings is 2. The van der Waals surface area contributed by atoms with Crippen LogP contribution in [0.3, 0.4) is 0 Å². The van der Waals surface area contributed by atoms with E-state index in [0.717, 1.165) is 17.5 Å². The minimum atomic E-state index is -0.495. The number of hydrogen-bond acceptors (Lipinski definition) is 4. The van der Waals surface area contributed by atoms with Gasteiger partial charge in [-0.3, -0.25) is 19.7 Å². The molecule has 8 heteroatoms. The fourth-order valence-corrected chi connectivity index (χ4v) is 3.89. The van der Waals surface area contributed by atoms with E-state index in [9.17, 15) is 19.7 Å². The monoisotopic (exact) mass is 415 g/mol. The highest BCUT2D eigenvalue weighted by atomic mass is 35.5. The SMILES string of the molecule is CC(=O)N1CCc2ccccc2C1CC(=O)N(C)Cc1cc([N+](=O)[O-])ccc1Cl. The Labute approximate surface area is 174 Å². The van der Waals surface area contributed by atoms with E-state index in [4.69, 9.17) is 11.6 Å². The zero-order valence-corrected chi connectivity index (χ0v) is 17.1. The first-order valence-corrected chi connectivity index (χ1v) is 9.67. The van der Waals surface area contributed by atoms with Crippen LogP contribution >= 0.6 is 11.6 Å². The smallest absolute Gasteiger partial charge is 0.269 e. The van der Waals surface area contributed by atoms with Gasteiger partial charge in [-0.1, -0.05) is 35.9 Å². The zero-order valence-electron chi connectivity index (χ0n) is 16.3. The number of non-ortho nitro benzene ring substituents is 1. The van der Waals surface area contributed by atoms with Crippen molar-refractivity contribution >= 4 is 29.1 Å². The van der Waals surface area contributed by atoms with Crippen molar-refractivity contribution in [2.24, 2.45) is 0 Å². The zero-order chi connectivity index (χ0) is 21.1. The van der Waals surface area contributed by atoms with Crippen molar-refractivity contribution in [1.29, 1.82) is 0 Å². The van der Waals surface area contributed by atoms with Gasteiger partial charge in [-0.2, -0.15) is 0 Å². The molecule has 0 spiro atoms. The van der Waals surface area contributed by atoms with E-state index in [2.05, 4.69) is 0 Å². The number of halogens is 1. The largest absolute Gasteiger partial charge is 0.341 e. The van der Waals surface area contributed by atoms with Gasteiger partial charge in [0, 0.05) is 44.2 Å². The van der Waals surface area contributed by atoms with Crippen molar-refractivity contribution in [2.45, 2.75) is 32.4 Å². The van der Waals surface area contributed by atoms with Gasteiger partial charge in [0.1, 0.15) is 0 Å². The summed E-state index contributed by atoms with van der Waals surface area (Å²) in [5.74, 6) is -0.234. The second-order valence-electron chi connectivity index (χ2n) is 7.16. The van der Waals surface area contributed by atoms with E-state index in [1.807, 2.05) is 24.3 Å². The maximum Gasteiger partial charge on any atom is 0.269 e. The van der Waals surface area contributed by atoms with Crippen LogP contribution in [0, 0.1) is 10.1 Å². The molecular weight excluding hydrogens is 394 g/mol. The normalized spacial score (nSPS) is 15.6. The minimum absolute atomic E-state index is 0.0679. The Morgan fingerprint density at radius 2 is 2.00 bits per heavy atom. The molecule has 2 aromatic rings. The van der Waals surface area contributed by atoms with Crippen LogP contribution < -0.4 is 0 Å². The summed E-state index contributed by atoms with van der Waals surface area (Å²) < 4.78 is 0. The number of carbonyl (C=O) groups excluding carboxylic acids is 2. The molecule has 0 bridgehead atoms. The van der Waals surface area contributed by atoms with Gasteiger partial charge in [0.05, 0.1) is 17.4 Å². The van der Waals surface area contributed by atoms with Gasteiger partial charge in [0.15, 0.2) is 0 Å². The highest BCUT2D eigenvalue weighted by Crippen LogP contribution is 2.33. The lowest BCUT2D eigenvalue weighted by atomic mass is 9.90. The van der Waals surface area contributed by atoms with E-state index in [1.165, 1.54) is 30.0 Å². The number of nitro benzene ring substituents is 1. The van der Waals surface area contributed by atoms with Crippen LogP contribution in [0.1, 0.15) is 36.1 Å². The molecule has 152 valence electrons. The average molecular weight is 416 g/mol.